The molecule has 0 fully saturated rings. The molecule has 108 valence electrons. The summed E-state index contributed by atoms with van der Waals surface area (Å²) in [5.74, 6) is -2.27. The van der Waals surface area contributed by atoms with Crippen LogP contribution < -0.4 is 0 Å². The number of nitriles is 1. The summed E-state index contributed by atoms with van der Waals surface area (Å²) in [5, 5.41) is 17.1. The van der Waals surface area contributed by atoms with Gasteiger partial charge in [0.1, 0.15) is 0 Å². The fourth-order valence-corrected chi connectivity index (χ4v) is 3.23. The van der Waals surface area contributed by atoms with E-state index in [-0.39, 0.29) is 5.02 Å². The van der Waals surface area contributed by atoms with E-state index < -0.39 is 32.4 Å². The lowest BCUT2D eigenvalue weighted by Crippen LogP contribution is -2.04. The zero-order valence-corrected chi connectivity index (χ0v) is 12.0. The Bertz CT molecular complexity index is 848. The predicted molar refractivity (Wildman–Crippen MR) is 72.7 cm³/mol. The molecule has 0 aliphatic rings. The number of rotatable bonds is 4. The molecule has 1 heterocycles. The van der Waals surface area contributed by atoms with Crippen molar-refractivity contribution in [3.63, 3.8) is 0 Å². The van der Waals surface area contributed by atoms with Crippen LogP contribution in [0.4, 0.5) is 0 Å². The Hall–Kier alpha value is -2.30. The summed E-state index contributed by atoms with van der Waals surface area (Å²) in [5.41, 5.74) is 0.608. The van der Waals surface area contributed by atoms with Crippen molar-refractivity contribution < 1.29 is 22.7 Å². The molecule has 1 aromatic heterocycles. The minimum Gasteiger partial charge on any atom is -0.475 e. The summed E-state index contributed by atoms with van der Waals surface area (Å²) in [6.45, 7) is 0. The SMILES string of the molecule is N#Cc1ccc(CS(=O)(=O)c2ccc(C(=O)O)o2)c(Cl)c1. The zero-order chi connectivity index (χ0) is 15.6. The molecule has 0 aliphatic carbocycles. The molecule has 0 aliphatic heterocycles. The average Bonchev–Trinajstić information content (AvgIpc) is 2.91. The largest absolute Gasteiger partial charge is 0.475 e. The molecule has 2 rings (SSSR count). The highest BCUT2D eigenvalue weighted by Crippen LogP contribution is 2.24. The quantitative estimate of drug-likeness (QED) is 0.925. The smallest absolute Gasteiger partial charge is 0.371 e. The molecule has 1 aromatic carbocycles. The molecule has 1 N–H and O–H groups in total. The summed E-state index contributed by atoms with van der Waals surface area (Å²) in [6, 6.07) is 8.27. The van der Waals surface area contributed by atoms with Crippen molar-refractivity contribution in [1.82, 2.24) is 0 Å². The Morgan fingerprint density at radius 1 is 1.33 bits per heavy atom. The summed E-state index contributed by atoms with van der Waals surface area (Å²) < 4.78 is 29.1. The predicted octanol–water partition coefficient (Wildman–Crippen LogP) is 2.48. The number of carbonyl (C=O) groups is 1. The van der Waals surface area contributed by atoms with Gasteiger partial charge in [0.15, 0.2) is 0 Å². The van der Waals surface area contributed by atoms with Gasteiger partial charge >= 0.3 is 5.97 Å². The lowest BCUT2D eigenvalue weighted by Gasteiger charge is -2.04. The number of carboxylic acid groups (broad SMARTS) is 1. The van der Waals surface area contributed by atoms with Gasteiger partial charge in [0.25, 0.3) is 0 Å². The van der Waals surface area contributed by atoms with Crippen LogP contribution in [0.2, 0.25) is 5.02 Å². The Labute approximate surface area is 125 Å². The third-order valence-corrected chi connectivity index (χ3v) is 4.50. The molecule has 0 unspecified atom stereocenters. The van der Waals surface area contributed by atoms with E-state index in [4.69, 9.17) is 26.4 Å². The number of sulfone groups is 1. The molecule has 0 saturated carbocycles. The second-order valence-corrected chi connectivity index (χ2v) is 6.43. The lowest BCUT2D eigenvalue weighted by atomic mass is 10.2. The van der Waals surface area contributed by atoms with Crippen LogP contribution in [0.1, 0.15) is 21.7 Å². The van der Waals surface area contributed by atoms with Gasteiger partial charge in [-0.1, -0.05) is 17.7 Å². The van der Waals surface area contributed by atoms with Gasteiger partial charge in [-0.25, -0.2) is 13.2 Å². The molecule has 0 saturated heterocycles. The van der Waals surface area contributed by atoms with E-state index in [2.05, 4.69) is 0 Å². The minimum atomic E-state index is -3.87. The van der Waals surface area contributed by atoms with Gasteiger partial charge in [0.05, 0.1) is 17.4 Å². The van der Waals surface area contributed by atoms with Crippen LogP contribution in [0.5, 0.6) is 0 Å². The first-order valence-corrected chi connectivity index (χ1v) is 7.61. The molecule has 8 heteroatoms. The number of aromatic carboxylic acids is 1. The van der Waals surface area contributed by atoms with Gasteiger partial charge in [0.2, 0.25) is 20.7 Å². The van der Waals surface area contributed by atoms with Gasteiger partial charge in [-0.15, -0.1) is 0 Å². The number of nitrogens with zero attached hydrogens (tertiary/aromatic N) is 1. The normalized spacial score (nSPS) is 11.0. The van der Waals surface area contributed by atoms with E-state index in [9.17, 15) is 13.2 Å². The van der Waals surface area contributed by atoms with Crippen molar-refractivity contribution in [2.75, 3.05) is 0 Å². The highest BCUT2D eigenvalue weighted by atomic mass is 35.5. The molecule has 2 aromatic rings. The van der Waals surface area contributed by atoms with Gasteiger partial charge < -0.3 is 9.52 Å². The summed E-state index contributed by atoms with van der Waals surface area (Å²) in [4.78, 5) is 10.7. The third-order valence-electron chi connectivity index (χ3n) is 2.63. The fraction of sp³-hybridized carbons (Fsp3) is 0.0769. The number of hydrogen-bond acceptors (Lipinski definition) is 5. The van der Waals surface area contributed by atoms with E-state index in [0.29, 0.717) is 11.1 Å². The van der Waals surface area contributed by atoms with Crippen molar-refractivity contribution >= 4 is 27.4 Å². The fourth-order valence-electron chi connectivity index (χ4n) is 1.61. The molecule has 0 bridgehead atoms. The first kappa shape index (κ1) is 15.1. The highest BCUT2D eigenvalue weighted by molar-refractivity contribution is 7.90. The molecule has 6 nitrogen and oxygen atoms in total. The first-order valence-electron chi connectivity index (χ1n) is 5.58. The van der Waals surface area contributed by atoms with Crippen LogP contribution in [-0.2, 0) is 15.6 Å². The molecule has 0 amide bonds. The molecular formula is C13H8ClNO5S. The van der Waals surface area contributed by atoms with E-state index in [1.807, 2.05) is 6.07 Å². The number of benzene rings is 1. The molecule has 0 spiro atoms. The van der Waals surface area contributed by atoms with Crippen molar-refractivity contribution in [1.29, 1.82) is 5.26 Å². The summed E-state index contributed by atoms with van der Waals surface area (Å²) in [6.07, 6.45) is 0. The third kappa shape index (κ3) is 3.24. The van der Waals surface area contributed by atoms with Crippen LogP contribution in [0.25, 0.3) is 0 Å². The molecule has 0 atom stereocenters. The minimum absolute atomic E-state index is 0.141. The molecular weight excluding hydrogens is 318 g/mol. The average molecular weight is 326 g/mol. The van der Waals surface area contributed by atoms with Crippen molar-refractivity contribution in [2.24, 2.45) is 0 Å². The van der Waals surface area contributed by atoms with Crippen LogP contribution in [-0.4, -0.2) is 19.5 Å². The Kier molecular flexibility index (Phi) is 4.02. The van der Waals surface area contributed by atoms with Crippen LogP contribution >= 0.6 is 11.6 Å². The highest BCUT2D eigenvalue weighted by Gasteiger charge is 2.22. The standard InChI is InChI=1S/C13H8ClNO5S/c14-10-5-8(6-15)1-2-9(10)7-21(18,19)12-4-3-11(20-12)13(16)17/h1-5H,7H2,(H,16,17). The van der Waals surface area contributed by atoms with Gasteiger partial charge in [-0.2, -0.15) is 5.26 Å². The lowest BCUT2D eigenvalue weighted by molar-refractivity contribution is 0.0656. The summed E-state index contributed by atoms with van der Waals surface area (Å²) in [7, 11) is -3.87. The number of halogens is 1. The monoisotopic (exact) mass is 325 g/mol. The van der Waals surface area contributed by atoms with Gasteiger partial charge in [0, 0.05) is 5.02 Å². The van der Waals surface area contributed by atoms with Crippen LogP contribution in [0, 0.1) is 11.3 Å². The molecule has 0 radical (unpaired) electrons. The Morgan fingerprint density at radius 3 is 2.57 bits per heavy atom. The van der Waals surface area contributed by atoms with E-state index in [0.717, 1.165) is 12.1 Å². The first-order chi connectivity index (χ1) is 9.83. The molecule has 21 heavy (non-hydrogen) atoms. The van der Waals surface area contributed by atoms with Crippen molar-refractivity contribution in [3.8, 4) is 6.07 Å². The Balaban J connectivity index is 2.33. The maximum atomic E-state index is 12.1. The topological polar surface area (TPSA) is 108 Å². The van der Waals surface area contributed by atoms with Crippen LogP contribution in [0.15, 0.2) is 39.8 Å². The maximum absolute atomic E-state index is 12.1. The Morgan fingerprint density at radius 2 is 2.05 bits per heavy atom. The van der Waals surface area contributed by atoms with Crippen LogP contribution in [0.3, 0.4) is 0 Å². The van der Waals surface area contributed by atoms with Gasteiger partial charge in [-0.3, -0.25) is 0 Å². The van der Waals surface area contributed by atoms with Gasteiger partial charge in [-0.05, 0) is 29.8 Å². The summed E-state index contributed by atoms with van der Waals surface area (Å²) >= 11 is 5.92. The zero-order valence-electron chi connectivity index (χ0n) is 10.4. The number of carboxylic acids is 1. The van der Waals surface area contributed by atoms with E-state index >= 15 is 0 Å². The number of hydrogen-bond donors (Lipinski definition) is 1. The van der Waals surface area contributed by atoms with E-state index in [1.165, 1.54) is 18.2 Å². The maximum Gasteiger partial charge on any atom is 0.371 e. The second kappa shape index (κ2) is 5.60. The van der Waals surface area contributed by atoms with Crippen molar-refractivity contribution in [3.05, 3.63) is 52.2 Å². The second-order valence-electron chi connectivity index (χ2n) is 4.10. The van der Waals surface area contributed by atoms with Crippen molar-refractivity contribution in [2.45, 2.75) is 10.8 Å². The number of furan rings is 1. The van der Waals surface area contributed by atoms with E-state index in [1.54, 1.807) is 0 Å².